The van der Waals surface area contributed by atoms with Crippen LogP contribution in [0.5, 0.6) is 0 Å². The van der Waals surface area contributed by atoms with Crippen molar-refractivity contribution in [3.8, 4) is 0 Å². The Kier molecular flexibility index (Phi) is 3.27. The molecule has 1 heterocycles. The standard InChI is InChI=1S/C14H25NO/c1-14(2,3)12-7-9-15(10-8-12)13(16)11-5-4-6-11/h11-12H,4-10H2,1-3H3. The van der Waals surface area contributed by atoms with E-state index < -0.39 is 0 Å². The third kappa shape index (κ3) is 2.41. The molecule has 0 spiro atoms. The number of hydrogen-bond acceptors (Lipinski definition) is 1. The first-order chi connectivity index (χ1) is 7.48. The van der Waals surface area contributed by atoms with Gasteiger partial charge in [-0.3, -0.25) is 4.79 Å². The zero-order valence-electron chi connectivity index (χ0n) is 11.0. The van der Waals surface area contributed by atoms with Crippen LogP contribution >= 0.6 is 0 Å². The first-order valence-corrected chi connectivity index (χ1v) is 6.77. The Bertz CT molecular complexity index is 254. The van der Waals surface area contributed by atoms with Crippen LogP contribution in [-0.2, 0) is 4.79 Å². The van der Waals surface area contributed by atoms with Gasteiger partial charge in [0.2, 0.25) is 5.91 Å². The molecule has 1 aliphatic carbocycles. The molecule has 1 saturated heterocycles. The largest absolute Gasteiger partial charge is 0.342 e. The Hall–Kier alpha value is -0.530. The zero-order chi connectivity index (χ0) is 11.8. The van der Waals surface area contributed by atoms with Crippen molar-refractivity contribution in [3.05, 3.63) is 0 Å². The zero-order valence-corrected chi connectivity index (χ0v) is 11.0. The maximum Gasteiger partial charge on any atom is 0.225 e. The van der Waals surface area contributed by atoms with E-state index in [-0.39, 0.29) is 0 Å². The molecule has 0 aromatic heterocycles. The number of rotatable bonds is 1. The lowest BCUT2D eigenvalue weighted by atomic mass is 9.75. The predicted molar refractivity (Wildman–Crippen MR) is 66.1 cm³/mol. The van der Waals surface area contributed by atoms with Crippen molar-refractivity contribution >= 4 is 5.91 Å². The highest BCUT2D eigenvalue weighted by Gasteiger charge is 2.34. The van der Waals surface area contributed by atoms with Gasteiger partial charge in [0, 0.05) is 19.0 Å². The van der Waals surface area contributed by atoms with Gasteiger partial charge in [-0.25, -0.2) is 0 Å². The molecule has 0 N–H and O–H groups in total. The molecule has 2 rings (SSSR count). The van der Waals surface area contributed by atoms with E-state index in [4.69, 9.17) is 0 Å². The molecule has 0 bridgehead atoms. The minimum atomic E-state index is 0.381. The van der Waals surface area contributed by atoms with E-state index >= 15 is 0 Å². The quantitative estimate of drug-likeness (QED) is 0.669. The van der Waals surface area contributed by atoms with Crippen LogP contribution in [0.1, 0.15) is 52.9 Å². The van der Waals surface area contributed by atoms with Crippen LogP contribution < -0.4 is 0 Å². The minimum absolute atomic E-state index is 0.381. The van der Waals surface area contributed by atoms with Crippen molar-refractivity contribution in [2.45, 2.75) is 52.9 Å². The summed E-state index contributed by atoms with van der Waals surface area (Å²) in [5.74, 6) is 1.61. The van der Waals surface area contributed by atoms with E-state index in [1.54, 1.807) is 0 Å². The molecule has 2 nitrogen and oxygen atoms in total. The second-order valence-corrected chi connectivity index (χ2v) is 6.59. The van der Waals surface area contributed by atoms with Gasteiger partial charge in [0.05, 0.1) is 0 Å². The van der Waals surface area contributed by atoms with E-state index in [1.807, 2.05) is 0 Å². The van der Waals surface area contributed by atoms with Crippen LogP contribution in [0.2, 0.25) is 0 Å². The second-order valence-electron chi connectivity index (χ2n) is 6.59. The molecule has 92 valence electrons. The summed E-state index contributed by atoms with van der Waals surface area (Å²) in [5, 5.41) is 0. The fourth-order valence-electron chi connectivity index (χ4n) is 2.88. The molecule has 1 amide bonds. The Labute approximate surface area is 99.4 Å². The first-order valence-electron chi connectivity index (χ1n) is 6.77. The number of carbonyl (C=O) groups is 1. The van der Waals surface area contributed by atoms with Crippen molar-refractivity contribution in [1.82, 2.24) is 4.90 Å². The molecule has 0 radical (unpaired) electrons. The van der Waals surface area contributed by atoms with Crippen LogP contribution in [-0.4, -0.2) is 23.9 Å². The van der Waals surface area contributed by atoms with Gasteiger partial charge in [0.1, 0.15) is 0 Å². The fourth-order valence-corrected chi connectivity index (χ4v) is 2.88. The van der Waals surface area contributed by atoms with Crippen LogP contribution in [0.3, 0.4) is 0 Å². The van der Waals surface area contributed by atoms with Crippen molar-refractivity contribution in [1.29, 1.82) is 0 Å². The summed E-state index contributed by atoms with van der Waals surface area (Å²) >= 11 is 0. The SMILES string of the molecule is CC(C)(C)C1CCN(C(=O)C2CCC2)CC1. The highest BCUT2D eigenvalue weighted by atomic mass is 16.2. The molecular formula is C14H25NO. The topological polar surface area (TPSA) is 20.3 Å². The summed E-state index contributed by atoms with van der Waals surface area (Å²) in [5.41, 5.74) is 0.408. The molecule has 0 aromatic rings. The van der Waals surface area contributed by atoms with Gasteiger partial charge >= 0.3 is 0 Å². The number of likely N-dealkylation sites (tertiary alicyclic amines) is 1. The van der Waals surface area contributed by atoms with Gasteiger partial charge in [-0.05, 0) is 37.0 Å². The molecule has 1 aliphatic heterocycles. The molecule has 2 fully saturated rings. The normalized spacial score (nSPS) is 24.3. The van der Waals surface area contributed by atoms with Gasteiger partial charge < -0.3 is 4.90 Å². The Morgan fingerprint density at radius 1 is 1.06 bits per heavy atom. The summed E-state index contributed by atoms with van der Waals surface area (Å²) in [4.78, 5) is 14.2. The van der Waals surface area contributed by atoms with Crippen molar-refractivity contribution in [3.63, 3.8) is 0 Å². The third-order valence-electron chi connectivity index (χ3n) is 4.49. The monoisotopic (exact) mass is 223 g/mol. The molecule has 2 heteroatoms. The van der Waals surface area contributed by atoms with Crippen LogP contribution in [0, 0.1) is 17.3 Å². The van der Waals surface area contributed by atoms with Crippen LogP contribution in [0.15, 0.2) is 0 Å². The van der Waals surface area contributed by atoms with Gasteiger partial charge in [-0.2, -0.15) is 0 Å². The number of nitrogens with zero attached hydrogens (tertiary/aromatic N) is 1. The Morgan fingerprint density at radius 2 is 1.62 bits per heavy atom. The Balaban J connectivity index is 1.82. The minimum Gasteiger partial charge on any atom is -0.342 e. The Morgan fingerprint density at radius 3 is 2.00 bits per heavy atom. The maximum absolute atomic E-state index is 12.1. The number of carbonyl (C=O) groups excluding carboxylic acids is 1. The van der Waals surface area contributed by atoms with Gasteiger partial charge in [0.15, 0.2) is 0 Å². The molecule has 0 unspecified atom stereocenters. The third-order valence-corrected chi connectivity index (χ3v) is 4.49. The highest BCUT2D eigenvalue weighted by molar-refractivity contribution is 5.79. The number of piperidine rings is 1. The van der Waals surface area contributed by atoms with E-state index in [2.05, 4.69) is 25.7 Å². The van der Waals surface area contributed by atoms with E-state index in [0.717, 1.165) is 31.8 Å². The number of hydrogen-bond donors (Lipinski definition) is 0. The molecule has 0 aromatic carbocycles. The van der Waals surface area contributed by atoms with Crippen LogP contribution in [0.4, 0.5) is 0 Å². The smallest absolute Gasteiger partial charge is 0.225 e. The lowest BCUT2D eigenvalue weighted by Gasteiger charge is -2.40. The molecule has 1 saturated carbocycles. The lowest BCUT2D eigenvalue weighted by molar-refractivity contribution is -0.140. The summed E-state index contributed by atoms with van der Waals surface area (Å²) in [7, 11) is 0. The first kappa shape index (κ1) is 11.9. The highest BCUT2D eigenvalue weighted by Crippen LogP contribution is 2.36. The summed E-state index contributed by atoms with van der Waals surface area (Å²) in [6.07, 6.45) is 5.93. The maximum atomic E-state index is 12.1. The average Bonchev–Trinajstić information content (AvgIpc) is 2.14. The second kappa shape index (κ2) is 4.38. The van der Waals surface area contributed by atoms with E-state index in [1.165, 1.54) is 19.3 Å². The van der Waals surface area contributed by atoms with E-state index in [9.17, 15) is 4.79 Å². The van der Waals surface area contributed by atoms with Crippen molar-refractivity contribution in [2.24, 2.45) is 17.3 Å². The predicted octanol–water partition coefficient (Wildman–Crippen LogP) is 3.07. The summed E-state index contributed by atoms with van der Waals surface area (Å²) in [6.45, 7) is 8.96. The molecule has 16 heavy (non-hydrogen) atoms. The number of amides is 1. The average molecular weight is 223 g/mol. The fraction of sp³-hybridized carbons (Fsp3) is 0.929. The molecule has 0 atom stereocenters. The van der Waals surface area contributed by atoms with Crippen LogP contribution in [0.25, 0.3) is 0 Å². The van der Waals surface area contributed by atoms with Gasteiger partial charge in [-0.1, -0.05) is 27.2 Å². The van der Waals surface area contributed by atoms with Gasteiger partial charge in [0.25, 0.3) is 0 Å². The molecular weight excluding hydrogens is 198 g/mol. The lowest BCUT2D eigenvalue weighted by Crippen LogP contribution is -2.45. The summed E-state index contributed by atoms with van der Waals surface area (Å²) in [6, 6.07) is 0. The summed E-state index contributed by atoms with van der Waals surface area (Å²) < 4.78 is 0. The van der Waals surface area contributed by atoms with Crippen molar-refractivity contribution < 1.29 is 4.79 Å². The van der Waals surface area contributed by atoms with E-state index in [0.29, 0.717) is 17.2 Å². The molecule has 2 aliphatic rings. The van der Waals surface area contributed by atoms with Gasteiger partial charge in [-0.15, -0.1) is 0 Å². The van der Waals surface area contributed by atoms with Crippen molar-refractivity contribution in [2.75, 3.05) is 13.1 Å².